The Labute approximate surface area is 65.3 Å². The summed E-state index contributed by atoms with van der Waals surface area (Å²) in [5, 5.41) is 15.4. The van der Waals surface area contributed by atoms with E-state index in [1.165, 1.54) is 6.08 Å². The van der Waals surface area contributed by atoms with Crippen LogP contribution in [0.5, 0.6) is 0 Å². The first-order valence-electron chi connectivity index (χ1n) is 2.89. The molecule has 0 unspecified atom stereocenters. The fourth-order valence-corrected chi connectivity index (χ4v) is 0.663. The van der Waals surface area contributed by atoms with Gasteiger partial charge in [-0.1, -0.05) is 23.8 Å². The summed E-state index contributed by atoms with van der Waals surface area (Å²) < 4.78 is 0. The molecule has 0 rings (SSSR count). The van der Waals surface area contributed by atoms with Gasteiger partial charge in [-0.05, 0) is 18.6 Å². The minimum absolute atomic E-state index is 0.0675. The number of hydrogen-bond donors (Lipinski definition) is 2. The summed E-state index contributed by atoms with van der Waals surface area (Å²) in [5.74, 6) is 0. The first-order valence-corrected chi connectivity index (χ1v) is 3.26. The van der Waals surface area contributed by atoms with Crippen molar-refractivity contribution in [2.75, 3.05) is 6.61 Å². The van der Waals surface area contributed by atoms with E-state index in [0.29, 0.717) is 5.57 Å². The maximum absolute atomic E-state index is 8.63. The molecular weight excluding hydrogens is 150 g/mol. The maximum atomic E-state index is 8.63. The van der Waals surface area contributed by atoms with Crippen molar-refractivity contribution in [3.63, 3.8) is 0 Å². The van der Waals surface area contributed by atoms with Crippen molar-refractivity contribution in [2.24, 2.45) is 0 Å². The van der Waals surface area contributed by atoms with Gasteiger partial charge in [-0.25, -0.2) is 0 Å². The molecule has 2 N–H and O–H groups in total. The van der Waals surface area contributed by atoms with Crippen molar-refractivity contribution in [1.82, 2.24) is 0 Å². The zero-order valence-corrected chi connectivity index (χ0v) is 6.52. The van der Waals surface area contributed by atoms with Crippen LogP contribution < -0.4 is 0 Å². The van der Waals surface area contributed by atoms with Gasteiger partial charge in [0, 0.05) is 0 Å². The highest BCUT2D eigenvalue weighted by Crippen LogP contribution is 1.97. The Hall–Kier alpha value is -0.600. The van der Waals surface area contributed by atoms with E-state index in [1.807, 2.05) is 6.92 Å². The van der Waals surface area contributed by atoms with E-state index in [4.69, 9.17) is 22.1 Å². The summed E-state index contributed by atoms with van der Waals surface area (Å²) in [4.78, 5) is 0. The van der Waals surface area contributed by atoms with Gasteiger partial charge in [0.2, 0.25) is 0 Å². The molecule has 0 aliphatic rings. The molecule has 10 heavy (non-hydrogen) atoms. The Bertz CT molecular complexity index is 172. The Morgan fingerprint density at radius 3 is 2.60 bits per heavy atom. The molecule has 3 heteroatoms. The van der Waals surface area contributed by atoms with Gasteiger partial charge in [-0.15, -0.1) is 0 Å². The second kappa shape index (κ2) is 5.21. The maximum Gasteiger partial charge on any atom is 0.121 e. The van der Waals surface area contributed by atoms with E-state index in [1.54, 1.807) is 12.2 Å². The third-order valence-electron chi connectivity index (χ3n) is 0.875. The lowest BCUT2D eigenvalue weighted by atomic mass is 10.2. The number of rotatable bonds is 3. The first kappa shape index (κ1) is 9.40. The first-order chi connectivity index (χ1) is 4.70. The standard InChI is InChI=1S/C7H10ClNO/c1-2-3-6(5-10)4-7(8)9/h2-4,9-10H,5H2,1H3/b3-2-,6-4+,9-7?. The highest BCUT2D eigenvalue weighted by atomic mass is 35.5. The minimum atomic E-state index is -0.0839. The van der Waals surface area contributed by atoms with Crippen LogP contribution in [-0.4, -0.2) is 16.9 Å². The molecule has 0 aromatic heterocycles. The molecule has 0 saturated heterocycles. The van der Waals surface area contributed by atoms with Crippen LogP contribution in [0.15, 0.2) is 23.8 Å². The highest BCUT2D eigenvalue weighted by Gasteiger charge is 1.89. The van der Waals surface area contributed by atoms with Crippen LogP contribution in [0.2, 0.25) is 0 Å². The van der Waals surface area contributed by atoms with Crippen molar-refractivity contribution < 1.29 is 5.11 Å². The van der Waals surface area contributed by atoms with Gasteiger partial charge in [0.25, 0.3) is 0 Å². The molecule has 0 aromatic carbocycles. The molecule has 0 spiro atoms. The molecule has 0 bridgehead atoms. The van der Waals surface area contributed by atoms with E-state index in [-0.39, 0.29) is 11.8 Å². The Kier molecular flexibility index (Phi) is 4.89. The van der Waals surface area contributed by atoms with Gasteiger partial charge < -0.3 is 5.11 Å². The normalized spacial score (nSPS) is 12.5. The zero-order chi connectivity index (χ0) is 7.98. The van der Waals surface area contributed by atoms with Crippen LogP contribution in [0.1, 0.15) is 6.92 Å². The fourth-order valence-electron chi connectivity index (χ4n) is 0.523. The van der Waals surface area contributed by atoms with Gasteiger partial charge in [0.1, 0.15) is 5.17 Å². The van der Waals surface area contributed by atoms with Crippen molar-refractivity contribution in [3.05, 3.63) is 23.8 Å². The smallest absolute Gasteiger partial charge is 0.121 e. The van der Waals surface area contributed by atoms with E-state index in [9.17, 15) is 0 Å². The van der Waals surface area contributed by atoms with E-state index in [0.717, 1.165) is 0 Å². The van der Waals surface area contributed by atoms with Gasteiger partial charge >= 0.3 is 0 Å². The van der Waals surface area contributed by atoms with E-state index < -0.39 is 0 Å². The third-order valence-corrected chi connectivity index (χ3v) is 0.985. The van der Waals surface area contributed by atoms with Crippen LogP contribution in [0, 0.1) is 5.41 Å². The molecular formula is C7H10ClNO. The summed E-state index contributed by atoms with van der Waals surface area (Å²) in [6.45, 7) is 1.75. The summed E-state index contributed by atoms with van der Waals surface area (Å²) >= 11 is 5.25. The second-order valence-corrected chi connectivity index (χ2v) is 2.13. The number of aliphatic hydroxyl groups is 1. The second-order valence-electron chi connectivity index (χ2n) is 1.73. The van der Waals surface area contributed by atoms with Gasteiger partial charge in [0.15, 0.2) is 0 Å². The van der Waals surface area contributed by atoms with E-state index in [2.05, 4.69) is 0 Å². The highest BCUT2D eigenvalue weighted by molar-refractivity contribution is 6.67. The Morgan fingerprint density at radius 1 is 1.70 bits per heavy atom. The molecule has 0 fully saturated rings. The number of hydrogen-bond acceptors (Lipinski definition) is 2. The molecule has 56 valence electrons. The zero-order valence-electron chi connectivity index (χ0n) is 5.76. The monoisotopic (exact) mass is 159 g/mol. The van der Waals surface area contributed by atoms with Crippen molar-refractivity contribution in [1.29, 1.82) is 5.41 Å². The van der Waals surface area contributed by atoms with Gasteiger partial charge in [0.05, 0.1) is 6.61 Å². The molecule has 2 nitrogen and oxygen atoms in total. The average molecular weight is 160 g/mol. The molecule has 0 heterocycles. The molecule has 0 aliphatic carbocycles. The minimum Gasteiger partial charge on any atom is -0.392 e. The predicted molar refractivity (Wildman–Crippen MR) is 43.6 cm³/mol. The van der Waals surface area contributed by atoms with Crippen LogP contribution in [-0.2, 0) is 0 Å². The summed E-state index contributed by atoms with van der Waals surface area (Å²) in [7, 11) is 0. The van der Waals surface area contributed by atoms with Gasteiger partial charge in [-0.2, -0.15) is 0 Å². The number of nitrogens with one attached hydrogen (secondary N) is 1. The van der Waals surface area contributed by atoms with Crippen LogP contribution in [0.25, 0.3) is 0 Å². The van der Waals surface area contributed by atoms with Crippen molar-refractivity contribution >= 4 is 16.8 Å². The summed E-state index contributed by atoms with van der Waals surface area (Å²) in [5.41, 5.74) is 0.641. The molecule has 0 radical (unpaired) electrons. The van der Waals surface area contributed by atoms with Crippen molar-refractivity contribution in [2.45, 2.75) is 6.92 Å². The molecule has 0 amide bonds. The molecule has 0 aliphatic heterocycles. The predicted octanol–water partition coefficient (Wildman–Crippen LogP) is 1.70. The topological polar surface area (TPSA) is 44.1 Å². The number of allylic oxidation sites excluding steroid dienone is 2. The lowest BCUT2D eigenvalue weighted by Gasteiger charge is -1.92. The summed E-state index contributed by atoms with van der Waals surface area (Å²) in [6, 6.07) is 0. The fraction of sp³-hybridized carbons (Fsp3) is 0.286. The lowest BCUT2D eigenvalue weighted by Crippen LogP contribution is -1.88. The Morgan fingerprint density at radius 2 is 2.30 bits per heavy atom. The van der Waals surface area contributed by atoms with Gasteiger partial charge in [-0.3, -0.25) is 5.41 Å². The number of aliphatic hydroxyl groups excluding tert-OH is 1. The Balaban J connectivity index is 4.18. The third kappa shape index (κ3) is 4.30. The van der Waals surface area contributed by atoms with Crippen LogP contribution >= 0.6 is 11.6 Å². The molecule has 0 saturated carbocycles. The quantitative estimate of drug-likeness (QED) is 0.478. The molecule has 0 aromatic rings. The SMILES string of the molecule is C/C=C\C(=C/C(=N)Cl)CO. The number of halogens is 1. The lowest BCUT2D eigenvalue weighted by molar-refractivity contribution is 0.335. The van der Waals surface area contributed by atoms with E-state index >= 15 is 0 Å². The average Bonchev–Trinajstić information content (AvgIpc) is 1.86. The molecule has 0 atom stereocenters. The summed E-state index contributed by atoms with van der Waals surface area (Å²) in [6.07, 6.45) is 4.89. The van der Waals surface area contributed by atoms with Crippen LogP contribution in [0.3, 0.4) is 0 Å². The van der Waals surface area contributed by atoms with Crippen LogP contribution in [0.4, 0.5) is 0 Å². The van der Waals surface area contributed by atoms with Crippen molar-refractivity contribution in [3.8, 4) is 0 Å². The largest absolute Gasteiger partial charge is 0.392 e.